The molecule has 1 amide bonds. The van der Waals surface area contributed by atoms with E-state index >= 15 is 0 Å². The Morgan fingerprint density at radius 3 is 2.70 bits per heavy atom. The summed E-state index contributed by atoms with van der Waals surface area (Å²) in [7, 11) is -1.48. The second-order valence-electron chi connectivity index (χ2n) is 4.55. The molecule has 0 aromatic heterocycles. The summed E-state index contributed by atoms with van der Waals surface area (Å²) in [6.45, 7) is 0.330. The predicted octanol–water partition coefficient (Wildman–Crippen LogP) is 0.322. The zero-order valence-corrected chi connectivity index (χ0v) is 12.4. The Bertz CT molecular complexity index is 557. The number of primary amides is 1. The summed E-state index contributed by atoms with van der Waals surface area (Å²) in [5.74, 6) is 0.122. The number of hydrogen-bond donors (Lipinski definition) is 2. The lowest BCUT2D eigenvalue weighted by Crippen LogP contribution is -2.33. The van der Waals surface area contributed by atoms with Gasteiger partial charge in [0.25, 0.3) is 0 Å². The molecule has 1 rings (SSSR count). The molecule has 0 saturated carbocycles. The summed E-state index contributed by atoms with van der Waals surface area (Å²) in [6, 6.07) is 6.30. The fourth-order valence-corrected chi connectivity index (χ4v) is 2.27. The van der Waals surface area contributed by atoms with Gasteiger partial charge in [0.05, 0.1) is 4.90 Å². The lowest BCUT2D eigenvalue weighted by Gasteiger charge is -2.16. The molecular formula is C13H20N2O4S. The molecule has 0 aliphatic heterocycles. The van der Waals surface area contributed by atoms with Crippen LogP contribution in [0.15, 0.2) is 29.2 Å². The molecule has 0 fully saturated rings. The molecule has 3 N–H and O–H groups in total. The summed E-state index contributed by atoms with van der Waals surface area (Å²) in [4.78, 5) is 11.0. The lowest BCUT2D eigenvalue weighted by molar-refractivity contribution is -0.118. The zero-order chi connectivity index (χ0) is 15.2. The van der Waals surface area contributed by atoms with Gasteiger partial charge in [-0.15, -0.1) is 0 Å². The molecule has 7 heteroatoms. The molecule has 1 aromatic carbocycles. The lowest BCUT2D eigenvalue weighted by atomic mass is 10.1. The van der Waals surface area contributed by atoms with Crippen molar-refractivity contribution in [1.29, 1.82) is 0 Å². The molecule has 1 atom stereocenters. The van der Waals surface area contributed by atoms with Gasteiger partial charge in [0.15, 0.2) is 9.84 Å². The smallest absolute Gasteiger partial charge is 0.217 e. The first-order valence-electron chi connectivity index (χ1n) is 6.21. The van der Waals surface area contributed by atoms with Crippen LogP contribution in [-0.2, 0) is 14.6 Å². The normalized spacial score (nSPS) is 12.9. The van der Waals surface area contributed by atoms with Gasteiger partial charge < -0.3 is 15.8 Å². The highest BCUT2D eigenvalue weighted by molar-refractivity contribution is 7.90. The highest BCUT2D eigenvalue weighted by Gasteiger charge is 2.11. The number of nitrogens with one attached hydrogen (secondary N) is 1. The largest absolute Gasteiger partial charge is 0.492 e. The first-order valence-corrected chi connectivity index (χ1v) is 8.10. The summed E-state index contributed by atoms with van der Waals surface area (Å²) in [5.41, 5.74) is 5.10. The van der Waals surface area contributed by atoms with Gasteiger partial charge in [-0.1, -0.05) is 6.07 Å². The maximum atomic E-state index is 11.4. The quantitative estimate of drug-likeness (QED) is 0.720. The van der Waals surface area contributed by atoms with Crippen LogP contribution in [0, 0.1) is 0 Å². The third kappa shape index (κ3) is 5.58. The van der Waals surface area contributed by atoms with Gasteiger partial charge in [-0.25, -0.2) is 8.42 Å². The third-order valence-corrected chi connectivity index (χ3v) is 3.94. The zero-order valence-electron chi connectivity index (χ0n) is 11.6. The molecule has 112 valence electrons. The van der Waals surface area contributed by atoms with Crippen LogP contribution in [-0.4, -0.2) is 40.3 Å². The molecule has 20 heavy (non-hydrogen) atoms. The van der Waals surface area contributed by atoms with Gasteiger partial charge >= 0.3 is 0 Å². The first kappa shape index (κ1) is 16.5. The van der Waals surface area contributed by atoms with Crippen LogP contribution < -0.4 is 15.8 Å². The van der Waals surface area contributed by atoms with Crippen LogP contribution in [0.1, 0.15) is 12.8 Å². The number of sulfone groups is 1. The Morgan fingerprint density at radius 2 is 2.15 bits per heavy atom. The van der Waals surface area contributed by atoms with E-state index in [-0.39, 0.29) is 23.3 Å². The number of benzene rings is 1. The van der Waals surface area contributed by atoms with Crippen LogP contribution in [0.3, 0.4) is 0 Å². The van der Waals surface area contributed by atoms with Gasteiger partial charge in [-0.2, -0.15) is 0 Å². The van der Waals surface area contributed by atoms with Crippen molar-refractivity contribution in [2.45, 2.75) is 23.8 Å². The molecule has 0 saturated heterocycles. The standard InChI is InChI=1S/C13H20N2O4S/c1-15-10(6-7-13(14)16)9-19-11-4-3-5-12(8-11)20(2,17)18/h3-5,8,10,15H,6-7,9H2,1-2H3,(H2,14,16). The van der Waals surface area contributed by atoms with Crippen LogP contribution in [0.4, 0.5) is 0 Å². The maximum Gasteiger partial charge on any atom is 0.217 e. The van der Waals surface area contributed by atoms with E-state index in [1.807, 2.05) is 0 Å². The molecule has 6 nitrogen and oxygen atoms in total. The van der Waals surface area contributed by atoms with Crippen LogP contribution >= 0.6 is 0 Å². The van der Waals surface area contributed by atoms with Crippen LogP contribution in [0.2, 0.25) is 0 Å². The maximum absolute atomic E-state index is 11.4. The Kier molecular flexibility index (Phi) is 5.97. The molecule has 0 heterocycles. The van der Waals surface area contributed by atoms with E-state index in [0.717, 1.165) is 6.26 Å². The van der Waals surface area contributed by atoms with Crippen molar-refractivity contribution in [2.24, 2.45) is 5.73 Å². The number of ether oxygens (including phenoxy) is 1. The van der Waals surface area contributed by atoms with Gasteiger partial charge in [0.1, 0.15) is 12.4 Å². The SMILES string of the molecule is CNC(CCC(N)=O)COc1cccc(S(C)(=O)=O)c1. The van der Waals surface area contributed by atoms with E-state index in [9.17, 15) is 13.2 Å². The molecule has 0 aliphatic rings. The molecule has 0 aliphatic carbocycles. The first-order chi connectivity index (χ1) is 9.32. The number of hydrogen-bond acceptors (Lipinski definition) is 5. The fraction of sp³-hybridized carbons (Fsp3) is 0.462. The molecule has 1 aromatic rings. The number of carbonyl (C=O) groups is 1. The minimum Gasteiger partial charge on any atom is -0.492 e. The molecule has 0 bridgehead atoms. The number of rotatable bonds is 8. The summed E-state index contributed by atoms with van der Waals surface area (Å²) in [5, 5.41) is 3.02. The average molecular weight is 300 g/mol. The van der Waals surface area contributed by atoms with Gasteiger partial charge in [-0.3, -0.25) is 4.79 Å². The Labute approximate surface area is 119 Å². The van der Waals surface area contributed by atoms with E-state index in [1.165, 1.54) is 12.1 Å². The highest BCUT2D eigenvalue weighted by Crippen LogP contribution is 2.17. The molecular weight excluding hydrogens is 280 g/mol. The monoisotopic (exact) mass is 300 g/mol. The summed E-state index contributed by atoms with van der Waals surface area (Å²) in [6.07, 6.45) is 1.99. The number of amides is 1. The van der Waals surface area contributed by atoms with Crippen molar-refractivity contribution in [2.75, 3.05) is 19.9 Å². The third-order valence-electron chi connectivity index (χ3n) is 2.83. The second kappa shape index (κ2) is 7.25. The minimum atomic E-state index is -3.25. The number of nitrogens with two attached hydrogens (primary N) is 1. The van der Waals surface area contributed by atoms with Crippen molar-refractivity contribution in [1.82, 2.24) is 5.32 Å². The van der Waals surface area contributed by atoms with Crippen molar-refractivity contribution in [3.05, 3.63) is 24.3 Å². The molecule has 0 spiro atoms. The Morgan fingerprint density at radius 1 is 1.45 bits per heavy atom. The average Bonchev–Trinajstić information content (AvgIpc) is 2.38. The summed E-state index contributed by atoms with van der Waals surface area (Å²) < 4.78 is 28.4. The van der Waals surface area contributed by atoms with Crippen molar-refractivity contribution < 1.29 is 17.9 Å². The van der Waals surface area contributed by atoms with Crippen molar-refractivity contribution in [3.63, 3.8) is 0 Å². The van der Waals surface area contributed by atoms with E-state index in [2.05, 4.69) is 5.32 Å². The summed E-state index contributed by atoms with van der Waals surface area (Å²) >= 11 is 0. The van der Waals surface area contributed by atoms with Gasteiger partial charge in [0.2, 0.25) is 5.91 Å². The van der Waals surface area contributed by atoms with Crippen LogP contribution in [0.25, 0.3) is 0 Å². The van der Waals surface area contributed by atoms with E-state index in [0.29, 0.717) is 18.8 Å². The fourth-order valence-electron chi connectivity index (χ4n) is 1.62. The predicted molar refractivity (Wildman–Crippen MR) is 76.3 cm³/mol. The second-order valence-corrected chi connectivity index (χ2v) is 6.56. The molecule has 1 unspecified atom stereocenters. The van der Waals surface area contributed by atoms with E-state index in [1.54, 1.807) is 19.2 Å². The minimum absolute atomic E-state index is 0.0237. The molecule has 0 radical (unpaired) electrons. The van der Waals surface area contributed by atoms with Gasteiger partial charge in [0, 0.05) is 18.7 Å². The highest BCUT2D eigenvalue weighted by atomic mass is 32.2. The van der Waals surface area contributed by atoms with E-state index < -0.39 is 9.84 Å². The van der Waals surface area contributed by atoms with Gasteiger partial charge in [-0.05, 0) is 31.7 Å². The number of carbonyl (C=O) groups excluding carboxylic acids is 1. The van der Waals surface area contributed by atoms with Crippen LogP contribution in [0.5, 0.6) is 5.75 Å². The topological polar surface area (TPSA) is 98.5 Å². The van der Waals surface area contributed by atoms with E-state index in [4.69, 9.17) is 10.5 Å². The Balaban J connectivity index is 2.62. The Hall–Kier alpha value is -1.60. The van der Waals surface area contributed by atoms with Crippen molar-refractivity contribution in [3.8, 4) is 5.75 Å². The van der Waals surface area contributed by atoms with Crippen molar-refractivity contribution >= 4 is 15.7 Å². The number of likely N-dealkylation sites (N-methyl/N-ethyl adjacent to an activating group) is 1.